The minimum absolute atomic E-state index is 0.00805. The van der Waals surface area contributed by atoms with Gasteiger partial charge >= 0.3 is 0 Å². The van der Waals surface area contributed by atoms with Gasteiger partial charge in [0.2, 0.25) is 5.91 Å². The number of hydrogen-bond donors (Lipinski definition) is 1. The molecular weight excluding hydrogens is 318 g/mol. The van der Waals surface area contributed by atoms with Crippen molar-refractivity contribution in [2.45, 2.75) is 57.8 Å². The van der Waals surface area contributed by atoms with Crippen LogP contribution in [0.2, 0.25) is 0 Å². The van der Waals surface area contributed by atoms with Crippen molar-refractivity contribution in [3.63, 3.8) is 0 Å². The van der Waals surface area contributed by atoms with Crippen LogP contribution in [0.15, 0.2) is 22.8 Å². The maximum atomic E-state index is 12.7. The van der Waals surface area contributed by atoms with Crippen LogP contribution in [-0.4, -0.2) is 30.9 Å². The number of amides is 1. The Kier molecular flexibility index (Phi) is 4.29. The Labute approximate surface area is 147 Å². The second kappa shape index (κ2) is 6.46. The predicted molar refractivity (Wildman–Crippen MR) is 94.4 cm³/mol. The third kappa shape index (κ3) is 2.96. The summed E-state index contributed by atoms with van der Waals surface area (Å²) in [4.78, 5) is 12.7. The fourth-order valence-electron chi connectivity index (χ4n) is 4.06. The number of ether oxygens (including phenoxy) is 2. The molecule has 1 saturated carbocycles. The first-order valence-corrected chi connectivity index (χ1v) is 9.13. The second-order valence-electron chi connectivity index (χ2n) is 7.20. The van der Waals surface area contributed by atoms with E-state index < -0.39 is 5.79 Å². The molecule has 2 aromatic rings. The van der Waals surface area contributed by atoms with Crippen molar-refractivity contribution < 1.29 is 18.7 Å². The molecule has 1 N–H and O–H groups in total. The van der Waals surface area contributed by atoms with Gasteiger partial charge in [0.25, 0.3) is 0 Å². The lowest BCUT2D eigenvalue weighted by Gasteiger charge is -2.39. The highest BCUT2D eigenvalue weighted by Gasteiger charge is 2.46. The van der Waals surface area contributed by atoms with Gasteiger partial charge in [-0.25, -0.2) is 0 Å². The molecule has 1 saturated heterocycles. The van der Waals surface area contributed by atoms with Crippen LogP contribution in [0.5, 0.6) is 0 Å². The second-order valence-corrected chi connectivity index (χ2v) is 7.20. The molecule has 5 nitrogen and oxygen atoms in total. The van der Waals surface area contributed by atoms with Gasteiger partial charge in [-0.1, -0.05) is 18.6 Å². The summed E-state index contributed by atoms with van der Waals surface area (Å²) in [6.45, 7) is 5.33. The smallest absolute Gasteiger partial charge is 0.224 e. The minimum Gasteiger partial charge on any atom is -0.464 e. The summed E-state index contributed by atoms with van der Waals surface area (Å²) in [7, 11) is 0. The molecule has 1 amide bonds. The van der Waals surface area contributed by atoms with Gasteiger partial charge in [0.05, 0.1) is 31.9 Å². The Morgan fingerprint density at radius 3 is 2.84 bits per heavy atom. The topological polar surface area (TPSA) is 60.7 Å². The maximum Gasteiger partial charge on any atom is 0.224 e. The summed E-state index contributed by atoms with van der Waals surface area (Å²) in [5.74, 6) is -0.619. The van der Waals surface area contributed by atoms with Crippen molar-refractivity contribution in [1.82, 2.24) is 5.32 Å². The minimum atomic E-state index is -0.611. The van der Waals surface area contributed by atoms with Crippen LogP contribution in [0.4, 0.5) is 0 Å². The summed E-state index contributed by atoms with van der Waals surface area (Å²) in [5.41, 5.74) is 4.12. The first-order valence-electron chi connectivity index (χ1n) is 9.13. The number of carbonyl (C=O) groups is 1. The molecule has 134 valence electrons. The van der Waals surface area contributed by atoms with Gasteiger partial charge in [-0.3, -0.25) is 4.79 Å². The van der Waals surface area contributed by atoms with Crippen LogP contribution in [0, 0.1) is 13.8 Å². The Balaban J connectivity index is 1.50. The largest absolute Gasteiger partial charge is 0.464 e. The fraction of sp³-hybridized carbons (Fsp3) is 0.550. The molecule has 1 aliphatic heterocycles. The molecular formula is C20H25NO4. The van der Waals surface area contributed by atoms with Crippen molar-refractivity contribution in [2.24, 2.45) is 0 Å². The average molecular weight is 343 g/mol. The maximum absolute atomic E-state index is 12.7. The Bertz CT molecular complexity index is 788. The first kappa shape index (κ1) is 16.6. The molecule has 2 fully saturated rings. The van der Waals surface area contributed by atoms with Gasteiger partial charge in [0.1, 0.15) is 5.58 Å². The summed E-state index contributed by atoms with van der Waals surface area (Å²) < 4.78 is 17.5. The summed E-state index contributed by atoms with van der Waals surface area (Å²) in [5, 5.41) is 4.17. The SMILES string of the molecule is Cc1ccc2c(CC(=O)NC3CCCCC34OCCO4)coc2c1C. The van der Waals surface area contributed by atoms with E-state index in [1.807, 2.05) is 13.0 Å². The predicted octanol–water partition coefficient (Wildman–Crippen LogP) is 3.39. The molecule has 1 aromatic carbocycles. The van der Waals surface area contributed by atoms with E-state index in [-0.39, 0.29) is 11.9 Å². The van der Waals surface area contributed by atoms with Gasteiger partial charge in [0.15, 0.2) is 5.79 Å². The van der Waals surface area contributed by atoms with E-state index in [0.29, 0.717) is 19.6 Å². The zero-order chi connectivity index (χ0) is 17.4. The van der Waals surface area contributed by atoms with Crippen LogP contribution < -0.4 is 5.32 Å². The monoisotopic (exact) mass is 343 g/mol. The normalized spacial score (nSPS) is 22.6. The molecule has 1 unspecified atom stereocenters. The zero-order valence-electron chi connectivity index (χ0n) is 14.9. The van der Waals surface area contributed by atoms with Crippen LogP contribution in [0.25, 0.3) is 11.0 Å². The number of carbonyl (C=O) groups excluding carboxylic acids is 1. The van der Waals surface area contributed by atoms with Crippen LogP contribution in [0.3, 0.4) is 0 Å². The molecule has 25 heavy (non-hydrogen) atoms. The van der Waals surface area contributed by atoms with Gasteiger partial charge in [-0.05, 0) is 37.8 Å². The quantitative estimate of drug-likeness (QED) is 0.928. The van der Waals surface area contributed by atoms with Crippen molar-refractivity contribution >= 4 is 16.9 Å². The van der Waals surface area contributed by atoms with Gasteiger partial charge in [-0.2, -0.15) is 0 Å². The standard InChI is InChI=1S/C20H25NO4/c1-13-6-7-16-15(12-23-19(16)14(13)2)11-18(22)21-17-5-3-4-8-20(17)24-9-10-25-20/h6-7,12,17H,3-5,8-11H2,1-2H3,(H,21,22). The Morgan fingerprint density at radius 1 is 1.24 bits per heavy atom. The van der Waals surface area contributed by atoms with E-state index in [1.165, 1.54) is 5.56 Å². The highest BCUT2D eigenvalue weighted by molar-refractivity contribution is 5.89. The van der Waals surface area contributed by atoms with Gasteiger partial charge in [-0.15, -0.1) is 0 Å². The molecule has 5 heteroatoms. The van der Waals surface area contributed by atoms with Crippen LogP contribution >= 0.6 is 0 Å². The van der Waals surface area contributed by atoms with E-state index in [0.717, 1.165) is 47.8 Å². The van der Waals surface area contributed by atoms with Crippen molar-refractivity contribution in [2.75, 3.05) is 13.2 Å². The van der Waals surface area contributed by atoms with Crippen LogP contribution in [0.1, 0.15) is 42.4 Å². The number of fused-ring (bicyclic) bond motifs is 1. The molecule has 2 heterocycles. The van der Waals surface area contributed by atoms with Gasteiger partial charge in [0, 0.05) is 17.4 Å². The molecule has 0 radical (unpaired) electrons. The number of benzene rings is 1. The fourth-order valence-corrected chi connectivity index (χ4v) is 4.06. The van der Waals surface area contributed by atoms with E-state index in [9.17, 15) is 4.79 Å². The van der Waals surface area contributed by atoms with Crippen LogP contribution in [-0.2, 0) is 20.7 Å². The number of furan rings is 1. The molecule has 0 bridgehead atoms. The number of hydrogen-bond acceptors (Lipinski definition) is 4. The number of aryl methyl sites for hydroxylation is 2. The van der Waals surface area contributed by atoms with E-state index in [1.54, 1.807) is 6.26 Å². The molecule has 1 spiro atoms. The Morgan fingerprint density at radius 2 is 2.04 bits per heavy atom. The summed E-state index contributed by atoms with van der Waals surface area (Å²) in [6.07, 6.45) is 5.93. The molecule has 1 aromatic heterocycles. The third-order valence-corrected chi connectivity index (χ3v) is 5.60. The van der Waals surface area contributed by atoms with E-state index in [4.69, 9.17) is 13.9 Å². The zero-order valence-corrected chi connectivity index (χ0v) is 14.9. The number of rotatable bonds is 3. The average Bonchev–Trinajstić information content (AvgIpc) is 3.22. The van der Waals surface area contributed by atoms with E-state index in [2.05, 4.69) is 18.3 Å². The summed E-state index contributed by atoms with van der Waals surface area (Å²) in [6, 6.07) is 4.04. The summed E-state index contributed by atoms with van der Waals surface area (Å²) >= 11 is 0. The number of nitrogens with one attached hydrogen (secondary N) is 1. The third-order valence-electron chi connectivity index (χ3n) is 5.60. The van der Waals surface area contributed by atoms with Crippen molar-refractivity contribution in [3.05, 3.63) is 35.1 Å². The van der Waals surface area contributed by atoms with Crippen molar-refractivity contribution in [1.29, 1.82) is 0 Å². The molecule has 2 aliphatic rings. The van der Waals surface area contributed by atoms with Gasteiger partial charge < -0.3 is 19.2 Å². The lowest BCUT2D eigenvalue weighted by Crippen LogP contribution is -2.55. The van der Waals surface area contributed by atoms with E-state index >= 15 is 0 Å². The highest BCUT2D eigenvalue weighted by atomic mass is 16.7. The highest BCUT2D eigenvalue weighted by Crippen LogP contribution is 2.36. The molecule has 1 atom stereocenters. The lowest BCUT2D eigenvalue weighted by molar-refractivity contribution is -0.196. The lowest BCUT2D eigenvalue weighted by atomic mass is 9.88. The van der Waals surface area contributed by atoms with Crippen molar-refractivity contribution in [3.8, 4) is 0 Å². The first-order chi connectivity index (χ1) is 12.1. The Hall–Kier alpha value is -1.85. The molecule has 1 aliphatic carbocycles. The molecule has 4 rings (SSSR count).